The minimum atomic E-state index is -0.0931. The normalized spacial score (nSPS) is 14.9. The molecule has 1 amide bonds. The maximum Gasteiger partial charge on any atom is 0.292 e. The molecule has 1 aromatic heterocycles. The van der Waals surface area contributed by atoms with Gasteiger partial charge in [-0.15, -0.1) is 0 Å². The van der Waals surface area contributed by atoms with Gasteiger partial charge in [0.15, 0.2) is 0 Å². The summed E-state index contributed by atoms with van der Waals surface area (Å²) < 4.78 is 5.24. The van der Waals surface area contributed by atoms with Crippen LogP contribution in [0.1, 0.15) is 41.6 Å². The predicted octanol–water partition coefficient (Wildman–Crippen LogP) is 2.89. The van der Waals surface area contributed by atoms with E-state index < -0.39 is 0 Å². The smallest absolute Gasteiger partial charge is 0.292 e. The highest BCUT2D eigenvalue weighted by atomic mass is 16.5. The first-order valence-electron chi connectivity index (χ1n) is 7.61. The van der Waals surface area contributed by atoms with Crippen LogP contribution >= 0.6 is 0 Å². The zero-order chi connectivity index (χ0) is 15.7. The lowest BCUT2D eigenvalue weighted by molar-refractivity contribution is 0.0709. The molecule has 0 spiro atoms. The Morgan fingerprint density at radius 2 is 2.05 bits per heavy atom. The summed E-state index contributed by atoms with van der Waals surface area (Å²) in [7, 11) is 2.05. The number of hydrogen-bond acceptors (Lipinski definition) is 4. The van der Waals surface area contributed by atoms with Gasteiger partial charge in [0.05, 0.1) is 5.69 Å². The molecule has 5 nitrogen and oxygen atoms in total. The van der Waals surface area contributed by atoms with Crippen molar-refractivity contribution in [1.82, 2.24) is 10.1 Å². The number of rotatable bonds is 2. The molecule has 1 aromatic carbocycles. The minimum Gasteiger partial charge on any atom is -0.373 e. The Bertz CT molecular complexity index is 678. The van der Waals surface area contributed by atoms with Gasteiger partial charge >= 0.3 is 0 Å². The Kier molecular flexibility index (Phi) is 3.88. The summed E-state index contributed by atoms with van der Waals surface area (Å²) in [5.41, 5.74) is 3.15. The third-order valence-electron chi connectivity index (χ3n) is 4.09. The molecular formula is C17H21N3O2. The van der Waals surface area contributed by atoms with Crippen molar-refractivity contribution in [2.45, 2.75) is 26.3 Å². The fraction of sp³-hybridized carbons (Fsp3) is 0.412. The molecular weight excluding hydrogens is 278 g/mol. The van der Waals surface area contributed by atoms with Crippen LogP contribution in [0.2, 0.25) is 0 Å². The van der Waals surface area contributed by atoms with E-state index in [1.807, 2.05) is 30.9 Å². The van der Waals surface area contributed by atoms with Gasteiger partial charge in [0.25, 0.3) is 5.91 Å². The molecule has 0 aliphatic carbocycles. The molecule has 3 rings (SSSR count). The van der Waals surface area contributed by atoms with Crippen molar-refractivity contribution in [3.63, 3.8) is 0 Å². The average molecular weight is 299 g/mol. The van der Waals surface area contributed by atoms with Crippen LogP contribution in [0.5, 0.6) is 0 Å². The Balaban J connectivity index is 1.84. The number of likely N-dealkylation sites (N-methyl/N-ethyl adjacent to an activating group) is 1. The maximum absolute atomic E-state index is 12.7. The SMILES string of the molecule is CC(C)c1cc(C(=O)N2CCN(C)c3ccccc3C2)on1. The molecule has 0 N–H and O–H groups in total. The number of carbonyl (C=O) groups is 1. The monoisotopic (exact) mass is 299 g/mol. The number of fused-ring (bicyclic) bond motifs is 1. The average Bonchev–Trinajstić information content (AvgIpc) is 2.94. The van der Waals surface area contributed by atoms with Crippen molar-refractivity contribution in [3.8, 4) is 0 Å². The number of nitrogens with zero attached hydrogens (tertiary/aromatic N) is 3. The summed E-state index contributed by atoms with van der Waals surface area (Å²) in [6, 6.07) is 9.95. The molecule has 2 heterocycles. The van der Waals surface area contributed by atoms with Gasteiger partial charge in [-0.25, -0.2) is 0 Å². The summed E-state index contributed by atoms with van der Waals surface area (Å²) in [5, 5.41) is 3.98. The topological polar surface area (TPSA) is 49.6 Å². The summed E-state index contributed by atoms with van der Waals surface area (Å²) in [6.07, 6.45) is 0. The summed E-state index contributed by atoms with van der Waals surface area (Å²) in [5.74, 6) is 0.483. The second-order valence-corrected chi connectivity index (χ2v) is 6.05. The summed E-state index contributed by atoms with van der Waals surface area (Å²) in [4.78, 5) is 16.7. The molecule has 0 bridgehead atoms. The molecule has 0 atom stereocenters. The van der Waals surface area contributed by atoms with E-state index in [2.05, 4.69) is 29.2 Å². The highest BCUT2D eigenvalue weighted by Gasteiger charge is 2.25. The Morgan fingerprint density at radius 3 is 2.77 bits per heavy atom. The van der Waals surface area contributed by atoms with E-state index in [-0.39, 0.29) is 11.8 Å². The number of para-hydroxylation sites is 1. The standard InChI is InChI=1S/C17H21N3O2/c1-12(2)14-10-16(22-18-14)17(21)20-9-8-19(3)15-7-5-4-6-13(15)11-20/h4-7,10,12H,8-9,11H2,1-3H3. The maximum atomic E-state index is 12.7. The van der Waals surface area contributed by atoms with Crippen molar-refractivity contribution < 1.29 is 9.32 Å². The number of carbonyl (C=O) groups excluding carboxylic acids is 1. The van der Waals surface area contributed by atoms with Gasteiger partial charge in [0, 0.05) is 38.4 Å². The lowest BCUT2D eigenvalue weighted by atomic mass is 10.1. The van der Waals surface area contributed by atoms with Gasteiger partial charge in [0.1, 0.15) is 0 Å². The van der Waals surface area contributed by atoms with E-state index in [9.17, 15) is 4.79 Å². The van der Waals surface area contributed by atoms with E-state index in [0.717, 1.165) is 17.8 Å². The van der Waals surface area contributed by atoms with Crippen LogP contribution in [0.15, 0.2) is 34.9 Å². The van der Waals surface area contributed by atoms with Crippen molar-refractivity contribution in [1.29, 1.82) is 0 Å². The molecule has 5 heteroatoms. The fourth-order valence-electron chi connectivity index (χ4n) is 2.68. The van der Waals surface area contributed by atoms with Gasteiger partial charge in [-0.05, 0) is 17.5 Å². The lowest BCUT2D eigenvalue weighted by Gasteiger charge is -2.19. The highest BCUT2D eigenvalue weighted by Crippen LogP contribution is 2.25. The minimum absolute atomic E-state index is 0.0931. The molecule has 116 valence electrons. The second kappa shape index (κ2) is 5.83. The molecule has 22 heavy (non-hydrogen) atoms. The number of aromatic nitrogens is 1. The van der Waals surface area contributed by atoms with Crippen molar-refractivity contribution in [2.24, 2.45) is 0 Å². The van der Waals surface area contributed by atoms with Gasteiger partial charge in [0.2, 0.25) is 5.76 Å². The molecule has 1 aliphatic heterocycles. The summed E-state index contributed by atoms with van der Waals surface area (Å²) in [6.45, 7) is 6.12. The first-order chi connectivity index (χ1) is 10.6. The van der Waals surface area contributed by atoms with Crippen LogP contribution in [0, 0.1) is 0 Å². The van der Waals surface area contributed by atoms with Crippen LogP contribution in [0.4, 0.5) is 5.69 Å². The predicted molar refractivity (Wildman–Crippen MR) is 85.0 cm³/mol. The Morgan fingerprint density at radius 1 is 1.27 bits per heavy atom. The third-order valence-corrected chi connectivity index (χ3v) is 4.09. The van der Waals surface area contributed by atoms with Crippen LogP contribution in [0.25, 0.3) is 0 Å². The van der Waals surface area contributed by atoms with E-state index >= 15 is 0 Å². The van der Waals surface area contributed by atoms with E-state index in [1.54, 1.807) is 6.07 Å². The quantitative estimate of drug-likeness (QED) is 0.855. The number of anilines is 1. The Labute approximate surface area is 130 Å². The van der Waals surface area contributed by atoms with Gasteiger partial charge in [-0.2, -0.15) is 0 Å². The van der Waals surface area contributed by atoms with Crippen LogP contribution in [-0.4, -0.2) is 36.1 Å². The van der Waals surface area contributed by atoms with Crippen LogP contribution < -0.4 is 4.90 Å². The number of hydrogen-bond donors (Lipinski definition) is 0. The molecule has 0 saturated carbocycles. The largest absolute Gasteiger partial charge is 0.373 e. The molecule has 0 fully saturated rings. The zero-order valence-electron chi connectivity index (χ0n) is 13.2. The molecule has 2 aromatic rings. The first-order valence-corrected chi connectivity index (χ1v) is 7.61. The zero-order valence-corrected chi connectivity index (χ0v) is 13.2. The molecule has 0 saturated heterocycles. The Hall–Kier alpha value is -2.30. The number of amides is 1. The van der Waals surface area contributed by atoms with E-state index in [4.69, 9.17) is 4.52 Å². The van der Waals surface area contributed by atoms with Gasteiger partial charge in [-0.1, -0.05) is 37.2 Å². The molecule has 0 unspecified atom stereocenters. The third kappa shape index (κ3) is 2.71. The molecule has 1 aliphatic rings. The van der Waals surface area contributed by atoms with Gasteiger partial charge < -0.3 is 14.3 Å². The number of benzene rings is 1. The van der Waals surface area contributed by atoms with E-state index in [1.165, 1.54) is 5.69 Å². The van der Waals surface area contributed by atoms with Crippen LogP contribution in [0.3, 0.4) is 0 Å². The van der Waals surface area contributed by atoms with Crippen molar-refractivity contribution in [2.75, 3.05) is 25.0 Å². The second-order valence-electron chi connectivity index (χ2n) is 6.05. The van der Waals surface area contributed by atoms with E-state index in [0.29, 0.717) is 18.8 Å². The summed E-state index contributed by atoms with van der Waals surface area (Å²) >= 11 is 0. The highest BCUT2D eigenvalue weighted by molar-refractivity contribution is 5.91. The van der Waals surface area contributed by atoms with Crippen LogP contribution in [-0.2, 0) is 6.54 Å². The first kappa shape index (κ1) is 14.6. The van der Waals surface area contributed by atoms with Crippen molar-refractivity contribution >= 4 is 11.6 Å². The lowest BCUT2D eigenvalue weighted by Crippen LogP contribution is -2.34. The van der Waals surface area contributed by atoms with Crippen molar-refractivity contribution in [3.05, 3.63) is 47.3 Å². The fourth-order valence-corrected chi connectivity index (χ4v) is 2.68. The molecule has 0 radical (unpaired) electrons. The van der Waals surface area contributed by atoms with Gasteiger partial charge in [-0.3, -0.25) is 4.79 Å².